The highest BCUT2D eigenvalue weighted by atomic mass is 35.5. The predicted molar refractivity (Wildman–Crippen MR) is 162 cm³/mol. The fourth-order valence-corrected chi connectivity index (χ4v) is 6.33. The molecule has 0 spiro atoms. The van der Waals surface area contributed by atoms with Crippen molar-refractivity contribution in [2.24, 2.45) is 10.9 Å². The van der Waals surface area contributed by atoms with E-state index in [4.69, 9.17) is 25.8 Å². The second kappa shape index (κ2) is 14.3. The Kier molecular flexibility index (Phi) is 11.0. The molecule has 0 bridgehead atoms. The van der Waals surface area contributed by atoms with E-state index in [0.29, 0.717) is 42.2 Å². The molecule has 1 aromatic carbocycles. The highest BCUT2D eigenvalue weighted by molar-refractivity contribution is 7.11. The Morgan fingerprint density at radius 2 is 1.91 bits per heavy atom. The van der Waals surface area contributed by atoms with E-state index in [1.165, 1.54) is 31.6 Å². The molecule has 44 heavy (non-hydrogen) atoms. The van der Waals surface area contributed by atoms with Crippen molar-refractivity contribution in [3.05, 3.63) is 62.2 Å². The number of halogens is 3. The number of nitrogens with one attached hydrogen (secondary N) is 1. The summed E-state index contributed by atoms with van der Waals surface area (Å²) in [6.45, 7) is 5.42. The van der Waals surface area contributed by atoms with Gasteiger partial charge in [0.15, 0.2) is 22.5 Å². The molecule has 4 rings (SSSR count). The molecule has 0 radical (unpaired) electrons. The molecular formula is C30H37ClF2N4O6S. The molecule has 1 saturated carbocycles. The molecular weight excluding hydrogens is 618 g/mol. The minimum Gasteiger partial charge on any atom is -0.466 e. The third-order valence-corrected chi connectivity index (χ3v) is 8.58. The molecule has 1 aliphatic heterocycles. The van der Waals surface area contributed by atoms with Gasteiger partial charge in [-0.3, -0.25) is 4.99 Å². The van der Waals surface area contributed by atoms with Gasteiger partial charge in [-0.25, -0.2) is 23.4 Å². The van der Waals surface area contributed by atoms with E-state index in [1.54, 1.807) is 37.2 Å². The van der Waals surface area contributed by atoms with Crippen LogP contribution in [-0.2, 0) is 19.0 Å². The van der Waals surface area contributed by atoms with E-state index in [2.05, 4.69) is 15.3 Å². The number of hydrogen-bond acceptors (Lipinski definition) is 10. The van der Waals surface area contributed by atoms with Crippen LogP contribution in [-0.4, -0.2) is 78.0 Å². The summed E-state index contributed by atoms with van der Waals surface area (Å²) >= 11 is 7.59. The van der Waals surface area contributed by atoms with E-state index in [9.17, 15) is 23.5 Å². The predicted octanol–water partition coefficient (Wildman–Crippen LogP) is 5.40. The minimum absolute atomic E-state index is 0.0317. The Bertz CT molecular complexity index is 1410. The van der Waals surface area contributed by atoms with Crippen LogP contribution in [0.15, 0.2) is 40.0 Å². The summed E-state index contributed by atoms with van der Waals surface area (Å²) in [5.74, 6) is -2.92. The molecule has 2 N–H and O–H groups in total. The maximum atomic E-state index is 14.6. The van der Waals surface area contributed by atoms with Crippen LogP contribution in [0.25, 0.3) is 0 Å². The number of benzene rings is 1. The number of hydrogen-bond donors (Lipinski definition) is 2. The van der Waals surface area contributed by atoms with Gasteiger partial charge in [-0.15, -0.1) is 11.3 Å². The zero-order valence-corrected chi connectivity index (χ0v) is 26.8. The van der Waals surface area contributed by atoms with Gasteiger partial charge in [0, 0.05) is 36.0 Å². The van der Waals surface area contributed by atoms with Gasteiger partial charge in [0.2, 0.25) is 0 Å². The van der Waals surface area contributed by atoms with Crippen LogP contribution in [0.2, 0.25) is 5.02 Å². The summed E-state index contributed by atoms with van der Waals surface area (Å²) in [6.07, 6.45) is 2.31. The molecule has 2 atom stereocenters. The molecule has 14 heteroatoms. The number of aromatic nitrogens is 1. The lowest BCUT2D eigenvalue weighted by atomic mass is 9.80. The smallest absolute Gasteiger partial charge is 0.410 e. The van der Waals surface area contributed by atoms with Crippen LogP contribution in [0, 0.1) is 17.6 Å². The highest BCUT2D eigenvalue weighted by Gasteiger charge is 2.40. The number of thiazole rings is 1. The van der Waals surface area contributed by atoms with Gasteiger partial charge in [0.1, 0.15) is 11.6 Å². The zero-order valence-electron chi connectivity index (χ0n) is 25.2. The monoisotopic (exact) mass is 654 g/mol. The normalized spacial score (nSPS) is 21.3. The van der Waals surface area contributed by atoms with Crippen molar-refractivity contribution in [3.8, 4) is 0 Å². The quantitative estimate of drug-likeness (QED) is 0.272. The first kappa shape index (κ1) is 33.8. The molecule has 2 heterocycles. The van der Waals surface area contributed by atoms with Crippen molar-refractivity contribution in [3.63, 3.8) is 0 Å². The number of aliphatic hydroxyl groups excluding tert-OH is 1. The molecule has 1 aromatic heterocycles. The summed E-state index contributed by atoms with van der Waals surface area (Å²) in [5.41, 5.74) is 0.0244. The van der Waals surface area contributed by atoms with E-state index in [1.807, 2.05) is 0 Å². The van der Waals surface area contributed by atoms with Crippen LogP contribution in [0.5, 0.6) is 0 Å². The second-order valence-electron chi connectivity index (χ2n) is 11.7. The van der Waals surface area contributed by atoms with E-state index < -0.39 is 46.5 Å². The lowest BCUT2D eigenvalue weighted by Crippen LogP contribution is -2.49. The Balaban J connectivity index is 1.69. The Morgan fingerprint density at radius 3 is 2.50 bits per heavy atom. The molecule has 0 saturated heterocycles. The number of allylic oxidation sites excluding steroid dienone is 1. The van der Waals surface area contributed by atoms with Crippen molar-refractivity contribution in [2.45, 2.75) is 70.2 Å². The van der Waals surface area contributed by atoms with Crippen molar-refractivity contribution < 1.29 is 37.7 Å². The van der Waals surface area contributed by atoms with Crippen LogP contribution < -0.4 is 5.32 Å². The molecule has 240 valence electrons. The van der Waals surface area contributed by atoms with Crippen LogP contribution >= 0.6 is 22.9 Å². The molecule has 2 aliphatic rings. The van der Waals surface area contributed by atoms with Gasteiger partial charge in [-0.05, 0) is 58.4 Å². The van der Waals surface area contributed by atoms with Gasteiger partial charge in [-0.1, -0.05) is 17.7 Å². The summed E-state index contributed by atoms with van der Waals surface area (Å²) < 4.78 is 44.5. The number of methoxy groups -OCH3 is 2. The Hall–Kier alpha value is -3.13. The number of rotatable bonds is 9. The number of nitrogens with zero attached hydrogens (tertiary/aromatic N) is 3. The fourth-order valence-electron chi connectivity index (χ4n) is 5.49. The first-order valence-corrected chi connectivity index (χ1v) is 15.5. The van der Waals surface area contributed by atoms with Gasteiger partial charge in [0.25, 0.3) is 0 Å². The second-order valence-corrected chi connectivity index (χ2v) is 12.9. The van der Waals surface area contributed by atoms with E-state index in [-0.39, 0.29) is 36.2 Å². The SMILES string of the molecule is COC[C@H](O)CN(C(=O)OC(C)(C)C)[C@H]1CC[C@H](C2=C(C(=O)OC)C(c3ccc(F)c(F)c3Cl)N=C(c3nccs3)N2)CC1. The molecule has 1 fully saturated rings. The lowest BCUT2D eigenvalue weighted by molar-refractivity contribution is -0.136. The summed E-state index contributed by atoms with van der Waals surface area (Å²) in [4.78, 5) is 37.1. The molecule has 1 unspecified atom stereocenters. The molecule has 1 amide bonds. The summed E-state index contributed by atoms with van der Waals surface area (Å²) in [6, 6.07) is 0.906. The molecule has 10 nitrogen and oxygen atoms in total. The van der Waals surface area contributed by atoms with Crippen molar-refractivity contribution in [1.82, 2.24) is 15.2 Å². The summed E-state index contributed by atoms with van der Waals surface area (Å²) in [5, 5.41) is 15.6. The Labute approximate surface area is 264 Å². The number of carbonyl (C=O) groups is 2. The van der Waals surface area contributed by atoms with E-state index >= 15 is 0 Å². The first-order chi connectivity index (χ1) is 20.8. The van der Waals surface area contributed by atoms with Crippen LogP contribution in [0.1, 0.15) is 63.1 Å². The molecule has 2 aromatic rings. The third-order valence-electron chi connectivity index (χ3n) is 7.41. The van der Waals surface area contributed by atoms with Crippen molar-refractivity contribution >= 4 is 40.8 Å². The topological polar surface area (TPSA) is 123 Å². The number of ether oxygens (including phenoxy) is 3. The largest absolute Gasteiger partial charge is 0.466 e. The number of amidine groups is 1. The van der Waals surface area contributed by atoms with Gasteiger partial charge in [0.05, 0.1) is 37.0 Å². The maximum Gasteiger partial charge on any atom is 0.410 e. The lowest BCUT2D eigenvalue weighted by Gasteiger charge is -2.40. The van der Waals surface area contributed by atoms with Crippen molar-refractivity contribution in [2.75, 3.05) is 27.4 Å². The zero-order chi connectivity index (χ0) is 32.2. The number of carbonyl (C=O) groups excluding carboxylic acids is 2. The van der Waals surface area contributed by atoms with Gasteiger partial charge >= 0.3 is 12.1 Å². The van der Waals surface area contributed by atoms with Crippen molar-refractivity contribution in [1.29, 1.82) is 0 Å². The fraction of sp³-hybridized carbons (Fsp3) is 0.533. The molecule has 1 aliphatic carbocycles. The van der Waals surface area contributed by atoms with Gasteiger partial charge < -0.3 is 29.5 Å². The number of esters is 1. The van der Waals surface area contributed by atoms with Crippen LogP contribution in [0.4, 0.5) is 13.6 Å². The van der Waals surface area contributed by atoms with Crippen LogP contribution in [0.3, 0.4) is 0 Å². The average molecular weight is 655 g/mol. The number of aliphatic hydroxyl groups is 1. The Morgan fingerprint density at radius 1 is 1.20 bits per heavy atom. The average Bonchev–Trinajstić information content (AvgIpc) is 3.52. The number of aliphatic imine (C=N–C) groups is 1. The summed E-state index contributed by atoms with van der Waals surface area (Å²) in [7, 11) is 2.71. The van der Waals surface area contributed by atoms with Gasteiger partial charge in [-0.2, -0.15) is 0 Å². The van der Waals surface area contributed by atoms with E-state index in [0.717, 1.165) is 6.07 Å². The standard InChI is InChI=1S/C30H37ClF2N4O6S/c1-30(2,3)43-29(40)37(14-18(38)15-41-4)17-8-6-16(7-9-17)24-21(28(39)42-5)25(19-10-11-20(32)23(33)22(19)31)36-26(35-24)27-34-12-13-44-27/h10-13,16-18,25,38H,6-9,14-15H2,1-5H3,(H,35,36)/t16-,17-,18-,25?/m1/s1. The third kappa shape index (κ3) is 7.74. The minimum atomic E-state index is -1.24. The first-order valence-electron chi connectivity index (χ1n) is 14.2. The number of amides is 1. The highest BCUT2D eigenvalue weighted by Crippen LogP contribution is 2.42. The maximum absolute atomic E-state index is 14.6.